The van der Waals surface area contributed by atoms with E-state index in [1.54, 1.807) is 17.0 Å². The van der Waals surface area contributed by atoms with Crippen LogP contribution in [0.1, 0.15) is 38.7 Å². The van der Waals surface area contributed by atoms with Gasteiger partial charge in [-0.15, -0.1) is 12.4 Å². The highest BCUT2D eigenvalue weighted by atomic mass is 35.5. The lowest BCUT2D eigenvalue weighted by Gasteiger charge is -2.34. The third kappa shape index (κ3) is 7.81. The third-order valence-electron chi connectivity index (χ3n) is 7.48. The Hall–Kier alpha value is -2.94. The van der Waals surface area contributed by atoms with E-state index in [9.17, 15) is 18.0 Å². The van der Waals surface area contributed by atoms with Crippen molar-refractivity contribution in [2.75, 3.05) is 26.2 Å². The van der Waals surface area contributed by atoms with Crippen molar-refractivity contribution in [3.63, 3.8) is 0 Å². The first-order chi connectivity index (χ1) is 18.3. The van der Waals surface area contributed by atoms with E-state index < -0.39 is 21.8 Å². The lowest BCUT2D eigenvalue weighted by molar-refractivity contribution is -0.142. The second-order valence-corrected chi connectivity index (χ2v) is 11.7. The van der Waals surface area contributed by atoms with Gasteiger partial charge in [0, 0.05) is 19.6 Å². The van der Waals surface area contributed by atoms with Crippen molar-refractivity contribution >= 4 is 45.0 Å². The number of benzene rings is 3. The fourth-order valence-corrected chi connectivity index (χ4v) is 6.28. The number of likely N-dealkylation sites (tertiary alicyclic amines) is 1. The second-order valence-electron chi connectivity index (χ2n) is 9.98. The van der Waals surface area contributed by atoms with Crippen LogP contribution in [0.25, 0.3) is 10.8 Å². The second kappa shape index (κ2) is 13.9. The van der Waals surface area contributed by atoms with Gasteiger partial charge in [-0.3, -0.25) is 14.5 Å². The third-order valence-corrected chi connectivity index (χ3v) is 8.83. The maximum Gasteiger partial charge on any atom is 0.264 e. The molecule has 4 rings (SSSR count). The molecule has 1 N–H and O–H groups in total. The molecule has 3 aromatic carbocycles. The van der Waals surface area contributed by atoms with Crippen LogP contribution in [0.3, 0.4) is 0 Å². The number of carbonyl (C=O) groups excluding carboxylic acids is 2. The van der Waals surface area contributed by atoms with E-state index >= 15 is 0 Å². The number of nitrogens with zero attached hydrogens (tertiary/aromatic N) is 2. The van der Waals surface area contributed by atoms with E-state index in [1.807, 2.05) is 56.3 Å². The SMILES string of the molecule is CCN(CC)C(=O)C(CC1CCN(Cc2ccccc2)CC1)C(=O)NS(=O)(=O)c1ccc2ccccc2c1.Cl. The maximum absolute atomic E-state index is 13.4. The van der Waals surface area contributed by atoms with Gasteiger partial charge >= 0.3 is 0 Å². The Morgan fingerprint density at radius 3 is 2.18 bits per heavy atom. The molecule has 3 aromatic rings. The Kier molecular flexibility index (Phi) is 10.9. The fraction of sp³-hybridized carbons (Fsp3) is 0.400. The lowest BCUT2D eigenvalue weighted by atomic mass is 9.86. The average Bonchev–Trinajstić information content (AvgIpc) is 2.93. The van der Waals surface area contributed by atoms with Gasteiger partial charge in [-0.25, -0.2) is 13.1 Å². The lowest BCUT2D eigenvalue weighted by Crippen LogP contribution is -2.46. The number of carbonyl (C=O) groups is 2. The van der Waals surface area contributed by atoms with E-state index in [1.165, 1.54) is 11.6 Å². The van der Waals surface area contributed by atoms with E-state index in [0.717, 1.165) is 43.2 Å². The molecule has 0 spiro atoms. The number of hydrogen-bond donors (Lipinski definition) is 1. The Labute approximate surface area is 238 Å². The number of hydrogen-bond acceptors (Lipinski definition) is 5. The highest BCUT2D eigenvalue weighted by molar-refractivity contribution is 7.90. The van der Waals surface area contributed by atoms with Gasteiger partial charge in [-0.05, 0) is 80.6 Å². The largest absolute Gasteiger partial charge is 0.343 e. The summed E-state index contributed by atoms with van der Waals surface area (Å²) in [6.07, 6.45) is 2.06. The molecule has 1 aliphatic heterocycles. The van der Waals surface area contributed by atoms with Crippen LogP contribution in [0.15, 0.2) is 77.7 Å². The summed E-state index contributed by atoms with van der Waals surface area (Å²) in [5.41, 5.74) is 1.26. The molecule has 1 atom stereocenters. The molecule has 1 saturated heterocycles. The van der Waals surface area contributed by atoms with Crippen LogP contribution in [0.4, 0.5) is 0 Å². The van der Waals surface area contributed by atoms with Gasteiger partial charge in [-0.1, -0.05) is 60.7 Å². The first kappa shape index (κ1) is 30.6. The minimum Gasteiger partial charge on any atom is -0.343 e. The van der Waals surface area contributed by atoms with E-state index in [0.29, 0.717) is 19.5 Å². The van der Waals surface area contributed by atoms with Gasteiger partial charge in [-0.2, -0.15) is 0 Å². The summed E-state index contributed by atoms with van der Waals surface area (Å²) in [7, 11) is -4.13. The summed E-state index contributed by atoms with van der Waals surface area (Å²) in [6.45, 7) is 7.29. The quantitative estimate of drug-likeness (QED) is 0.351. The number of rotatable bonds is 10. The maximum atomic E-state index is 13.4. The topological polar surface area (TPSA) is 86.8 Å². The predicted molar refractivity (Wildman–Crippen MR) is 157 cm³/mol. The summed E-state index contributed by atoms with van der Waals surface area (Å²) in [5, 5.41) is 1.67. The standard InChI is InChI=1S/C30H37N3O4S.ClH/c1-3-33(4-2)30(35)28(20-23-16-18-32(19-17-23)22-24-10-6-5-7-11-24)29(34)31-38(36,37)27-15-14-25-12-8-9-13-26(25)21-27;/h5-15,21,23,28H,3-4,16-20,22H2,1-2H3,(H,31,34);1H. The Bertz CT molecular complexity index is 1350. The monoisotopic (exact) mass is 571 g/mol. The molecule has 1 heterocycles. The number of amides is 2. The summed E-state index contributed by atoms with van der Waals surface area (Å²) < 4.78 is 28.6. The molecule has 39 heavy (non-hydrogen) atoms. The molecule has 0 saturated carbocycles. The van der Waals surface area contributed by atoms with Crippen LogP contribution in [-0.2, 0) is 26.2 Å². The molecular formula is C30H38ClN3O4S. The molecule has 0 radical (unpaired) electrons. The number of piperidine rings is 1. The molecule has 1 fully saturated rings. The number of fused-ring (bicyclic) bond motifs is 1. The summed E-state index contributed by atoms with van der Waals surface area (Å²) >= 11 is 0. The van der Waals surface area contributed by atoms with E-state index in [-0.39, 0.29) is 29.1 Å². The molecule has 0 aromatic heterocycles. The molecule has 2 amide bonds. The first-order valence-corrected chi connectivity index (χ1v) is 14.9. The van der Waals surface area contributed by atoms with Gasteiger partial charge < -0.3 is 4.90 Å². The molecule has 9 heteroatoms. The normalized spacial score (nSPS) is 15.3. The van der Waals surface area contributed by atoms with Crippen LogP contribution in [0.5, 0.6) is 0 Å². The van der Waals surface area contributed by atoms with Crippen molar-refractivity contribution in [2.24, 2.45) is 11.8 Å². The minimum absolute atomic E-state index is 0. The minimum atomic E-state index is -4.13. The highest BCUT2D eigenvalue weighted by Crippen LogP contribution is 2.27. The van der Waals surface area contributed by atoms with Gasteiger partial charge in [0.25, 0.3) is 10.0 Å². The van der Waals surface area contributed by atoms with Crippen LogP contribution in [0, 0.1) is 11.8 Å². The van der Waals surface area contributed by atoms with Crippen molar-refractivity contribution in [3.8, 4) is 0 Å². The van der Waals surface area contributed by atoms with Crippen LogP contribution in [-0.4, -0.2) is 56.2 Å². The number of sulfonamides is 1. The smallest absolute Gasteiger partial charge is 0.264 e. The van der Waals surface area contributed by atoms with Gasteiger partial charge in [0.15, 0.2) is 0 Å². The molecule has 0 aliphatic carbocycles. The molecule has 210 valence electrons. The fourth-order valence-electron chi connectivity index (χ4n) is 5.23. The molecule has 1 unspecified atom stereocenters. The molecule has 1 aliphatic rings. The van der Waals surface area contributed by atoms with Gasteiger partial charge in [0.1, 0.15) is 5.92 Å². The molecular weight excluding hydrogens is 534 g/mol. The summed E-state index contributed by atoms with van der Waals surface area (Å²) in [5.74, 6) is -1.94. The van der Waals surface area contributed by atoms with Crippen LogP contribution >= 0.6 is 12.4 Å². The van der Waals surface area contributed by atoms with Crippen molar-refractivity contribution in [3.05, 3.63) is 78.4 Å². The molecule has 7 nitrogen and oxygen atoms in total. The number of halogens is 1. The van der Waals surface area contributed by atoms with Gasteiger partial charge in [0.05, 0.1) is 4.90 Å². The zero-order valence-electron chi connectivity index (χ0n) is 22.6. The molecule has 0 bridgehead atoms. The average molecular weight is 572 g/mol. The zero-order chi connectivity index (χ0) is 27.1. The van der Waals surface area contributed by atoms with Crippen molar-refractivity contribution in [1.29, 1.82) is 0 Å². The van der Waals surface area contributed by atoms with E-state index in [4.69, 9.17) is 0 Å². The van der Waals surface area contributed by atoms with Crippen LogP contribution < -0.4 is 4.72 Å². The Morgan fingerprint density at radius 1 is 0.923 bits per heavy atom. The Morgan fingerprint density at radius 2 is 1.54 bits per heavy atom. The van der Waals surface area contributed by atoms with Crippen molar-refractivity contribution in [2.45, 2.75) is 44.6 Å². The van der Waals surface area contributed by atoms with Crippen molar-refractivity contribution in [1.82, 2.24) is 14.5 Å². The van der Waals surface area contributed by atoms with Gasteiger partial charge in [0.2, 0.25) is 11.8 Å². The zero-order valence-corrected chi connectivity index (χ0v) is 24.2. The van der Waals surface area contributed by atoms with Crippen molar-refractivity contribution < 1.29 is 18.0 Å². The van der Waals surface area contributed by atoms with Crippen LogP contribution in [0.2, 0.25) is 0 Å². The first-order valence-electron chi connectivity index (χ1n) is 13.4. The summed E-state index contributed by atoms with van der Waals surface area (Å²) in [4.78, 5) is 30.8. The van der Waals surface area contributed by atoms with E-state index in [2.05, 4.69) is 21.8 Å². The number of nitrogens with one attached hydrogen (secondary N) is 1. The predicted octanol–water partition coefficient (Wildman–Crippen LogP) is 4.85. The summed E-state index contributed by atoms with van der Waals surface area (Å²) in [6, 6.07) is 22.5. The Balaban J connectivity index is 0.00000420. The highest BCUT2D eigenvalue weighted by Gasteiger charge is 2.35.